The van der Waals surface area contributed by atoms with E-state index in [1.54, 1.807) is 12.1 Å². The molecule has 5 nitrogen and oxygen atoms in total. The summed E-state index contributed by atoms with van der Waals surface area (Å²) in [5, 5.41) is 14.2. The van der Waals surface area contributed by atoms with Crippen molar-refractivity contribution in [2.24, 2.45) is 0 Å². The van der Waals surface area contributed by atoms with Gasteiger partial charge in [-0.2, -0.15) is 0 Å². The van der Waals surface area contributed by atoms with E-state index >= 15 is 0 Å². The second-order valence-electron chi connectivity index (χ2n) is 4.04. The quantitative estimate of drug-likeness (QED) is 0.692. The lowest BCUT2D eigenvalue weighted by atomic mass is 10.0. The van der Waals surface area contributed by atoms with Gasteiger partial charge >= 0.3 is 5.97 Å². The highest BCUT2D eigenvalue weighted by molar-refractivity contribution is 5.97. The molecule has 0 aliphatic heterocycles. The molecule has 0 aliphatic rings. The number of rotatable bonds is 6. The third kappa shape index (κ3) is 3.85. The number of hydrogen-bond donors (Lipinski definition) is 3. The molecule has 0 bridgehead atoms. The van der Waals surface area contributed by atoms with Crippen LogP contribution in [0, 0.1) is 0 Å². The number of carboxylic acid groups (broad SMARTS) is 1. The molecule has 0 unspecified atom stereocenters. The molecule has 1 aromatic rings. The fraction of sp³-hybridized carbons (Fsp3) is 0.385. The Labute approximate surface area is 106 Å². The summed E-state index contributed by atoms with van der Waals surface area (Å²) in [5.74, 6) is -1.40. The van der Waals surface area contributed by atoms with Gasteiger partial charge in [-0.3, -0.25) is 9.59 Å². The van der Waals surface area contributed by atoms with Gasteiger partial charge in [0.2, 0.25) is 0 Å². The SMILES string of the molecule is CNCCc1ccccc1C(=O)N[C@@H](C)C(=O)O. The molecule has 0 saturated heterocycles. The van der Waals surface area contributed by atoms with Gasteiger partial charge in [0.1, 0.15) is 6.04 Å². The van der Waals surface area contributed by atoms with Crippen molar-refractivity contribution in [3.63, 3.8) is 0 Å². The molecule has 1 atom stereocenters. The largest absolute Gasteiger partial charge is 0.480 e. The summed E-state index contributed by atoms with van der Waals surface area (Å²) >= 11 is 0. The van der Waals surface area contributed by atoms with Crippen molar-refractivity contribution >= 4 is 11.9 Å². The summed E-state index contributed by atoms with van der Waals surface area (Å²) < 4.78 is 0. The second kappa shape index (κ2) is 6.76. The molecule has 0 spiro atoms. The highest BCUT2D eigenvalue weighted by Gasteiger charge is 2.17. The molecule has 0 heterocycles. The van der Waals surface area contributed by atoms with Crippen molar-refractivity contribution < 1.29 is 14.7 Å². The van der Waals surface area contributed by atoms with Gasteiger partial charge in [0, 0.05) is 5.56 Å². The molecule has 0 saturated carbocycles. The maximum absolute atomic E-state index is 11.9. The summed E-state index contributed by atoms with van der Waals surface area (Å²) in [6.45, 7) is 2.20. The molecular weight excluding hydrogens is 232 g/mol. The number of benzene rings is 1. The van der Waals surface area contributed by atoms with Gasteiger partial charge in [0.25, 0.3) is 5.91 Å². The Balaban J connectivity index is 2.81. The van der Waals surface area contributed by atoms with Gasteiger partial charge in [-0.15, -0.1) is 0 Å². The van der Waals surface area contributed by atoms with E-state index in [1.165, 1.54) is 6.92 Å². The Morgan fingerprint density at radius 2 is 2.00 bits per heavy atom. The lowest BCUT2D eigenvalue weighted by molar-refractivity contribution is -0.138. The summed E-state index contributed by atoms with van der Waals surface area (Å²) in [6.07, 6.45) is 0.724. The van der Waals surface area contributed by atoms with Crippen molar-refractivity contribution in [1.29, 1.82) is 0 Å². The van der Waals surface area contributed by atoms with Crippen molar-refractivity contribution in [3.8, 4) is 0 Å². The summed E-state index contributed by atoms with van der Waals surface area (Å²) in [7, 11) is 1.84. The minimum atomic E-state index is -1.05. The molecule has 0 radical (unpaired) electrons. The van der Waals surface area contributed by atoms with Crippen LogP contribution in [-0.4, -0.2) is 36.6 Å². The number of carbonyl (C=O) groups excluding carboxylic acids is 1. The summed E-state index contributed by atoms with van der Waals surface area (Å²) in [5.41, 5.74) is 1.43. The van der Waals surface area contributed by atoms with E-state index in [4.69, 9.17) is 5.11 Å². The van der Waals surface area contributed by atoms with E-state index in [-0.39, 0.29) is 5.91 Å². The van der Waals surface area contributed by atoms with E-state index in [0.29, 0.717) is 5.56 Å². The van der Waals surface area contributed by atoms with Gasteiger partial charge in [-0.05, 0) is 38.6 Å². The summed E-state index contributed by atoms with van der Waals surface area (Å²) in [6, 6.07) is 6.31. The lowest BCUT2D eigenvalue weighted by Gasteiger charge is -2.12. The Bertz CT molecular complexity index is 432. The second-order valence-corrected chi connectivity index (χ2v) is 4.04. The van der Waals surface area contributed by atoms with Crippen molar-refractivity contribution in [3.05, 3.63) is 35.4 Å². The summed E-state index contributed by atoms with van der Waals surface area (Å²) in [4.78, 5) is 22.6. The molecule has 0 fully saturated rings. The Hall–Kier alpha value is -1.88. The predicted molar refractivity (Wildman–Crippen MR) is 68.6 cm³/mol. The highest BCUT2D eigenvalue weighted by Crippen LogP contribution is 2.09. The topological polar surface area (TPSA) is 78.4 Å². The standard InChI is InChI=1S/C13H18N2O3/c1-9(13(17)18)15-12(16)11-6-4-3-5-10(11)7-8-14-2/h3-6,9,14H,7-8H2,1-2H3,(H,15,16)(H,17,18)/t9-/m0/s1. The minimum absolute atomic E-state index is 0.350. The van der Waals surface area contributed by atoms with E-state index < -0.39 is 12.0 Å². The zero-order valence-electron chi connectivity index (χ0n) is 10.6. The third-order valence-electron chi connectivity index (χ3n) is 2.62. The molecule has 0 aliphatic carbocycles. The van der Waals surface area contributed by atoms with Crippen LogP contribution in [0.3, 0.4) is 0 Å². The maximum atomic E-state index is 11.9. The number of nitrogens with one attached hydrogen (secondary N) is 2. The van der Waals surface area contributed by atoms with Crippen LogP contribution in [0.25, 0.3) is 0 Å². The van der Waals surface area contributed by atoms with Crippen molar-refractivity contribution in [2.45, 2.75) is 19.4 Å². The first-order valence-corrected chi connectivity index (χ1v) is 5.82. The number of carboxylic acids is 1. The zero-order chi connectivity index (χ0) is 13.5. The fourth-order valence-corrected chi connectivity index (χ4v) is 1.56. The number of carbonyl (C=O) groups is 2. The highest BCUT2D eigenvalue weighted by atomic mass is 16.4. The number of aliphatic carboxylic acids is 1. The van der Waals surface area contributed by atoms with E-state index in [9.17, 15) is 9.59 Å². The van der Waals surface area contributed by atoms with Crippen LogP contribution in [0.5, 0.6) is 0 Å². The van der Waals surface area contributed by atoms with E-state index in [1.807, 2.05) is 19.2 Å². The fourth-order valence-electron chi connectivity index (χ4n) is 1.56. The molecule has 98 valence electrons. The molecular formula is C13H18N2O3. The first kappa shape index (κ1) is 14.2. The van der Waals surface area contributed by atoms with Crippen molar-refractivity contribution in [1.82, 2.24) is 10.6 Å². The van der Waals surface area contributed by atoms with Crippen LogP contribution in [0.1, 0.15) is 22.8 Å². The molecule has 0 aromatic heterocycles. The van der Waals surface area contributed by atoms with Crippen LogP contribution in [0.2, 0.25) is 0 Å². The smallest absolute Gasteiger partial charge is 0.325 e. The lowest BCUT2D eigenvalue weighted by Crippen LogP contribution is -2.38. The van der Waals surface area contributed by atoms with Crippen LogP contribution in [0.4, 0.5) is 0 Å². The predicted octanol–water partition coefficient (Wildman–Crippen LogP) is 0.651. The monoisotopic (exact) mass is 250 g/mol. The normalized spacial score (nSPS) is 11.9. The molecule has 1 aromatic carbocycles. The maximum Gasteiger partial charge on any atom is 0.325 e. The van der Waals surface area contributed by atoms with E-state index in [0.717, 1.165) is 18.5 Å². The van der Waals surface area contributed by atoms with E-state index in [2.05, 4.69) is 10.6 Å². The molecule has 1 rings (SSSR count). The van der Waals surface area contributed by atoms with Gasteiger partial charge < -0.3 is 15.7 Å². The average molecular weight is 250 g/mol. The average Bonchev–Trinajstić information content (AvgIpc) is 2.36. The third-order valence-corrected chi connectivity index (χ3v) is 2.62. The molecule has 1 amide bonds. The van der Waals surface area contributed by atoms with Gasteiger partial charge in [-0.1, -0.05) is 18.2 Å². The van der Waals surface area contributed by atoms with Gasteiger partial charge in [-0.25, -0.2) is 0 Å². The Morgan fingerprint density at radius 1 is 1.33 bits per heavy atom. The number of amides is 1. The number of likely N-dealkylation sites (N-methyl/N-ethyl adjacent to an activating group) is 1. The van der Waals surface area contributed by atoms with Crippen LogP contribution >= 0.6 is 0 Å². The molecule has 3 N–H and O–H groups in total. The van der Waals surface area contributed by atoms with Crippen LogP contribution in [-0.2, 0) is 11.2 Å². The van der Waals surface area contributed by atoms with Gasteiger partial charge in [0.05, 0.1) is 0 Å². The Morgan fingerprint density at radius 3 is 2.61 bits per heavy atom. The first-order valence-electron chi connectivity index (χ1n) is 5.82. The Kier molecular flexibility index (Phi) is 5.32. The first-order chi connectivity index (χ1) is 8.56. The number of hydrogen-bond acceptors (Lipinski definition) is 3. The minimum Gasteiger partial charge on any atom is -0.480 e. The van der Waals surface area contributed by atoms with Crippen LogP contribution in [0.15, 0.2) is 24.3 Å². The van der Waals surface area contributed by atoms with Crippen LogP contribution < -0.4 is 10.6 Å². The van der Waals surface area contributed by atoms with Gasteiger partial charge in [0.15, 0.2) is 0 Å². The van der Waals surface area contributed by atoms with Crippen molar-refractivity contribution in [2.75, 3.05) is 13.6 Å². The molecule has 18 heavy (non-hydrogen) atoms. The zero-order valence-corrected chi connectivity index (χ0v) is 10.6. The molecule has 5 heteroatoms.